The Kier molecular flexibility index (Phi) is 4.20. The Morgan fingerprint density at radius 3 is 2.35 bits per heavy atom. The number of benzene rings is 1. The highest BCUT2D eigenvalue weighted by molar-refractivity contribution is 5.99. The van der Waals surface area contributed by atoms with Crippen LogP contribution in [0.2, 0.25) is 0 Å². The number of carbonyl (C=O) groups is 2. The molecule has 0 saturated heterocycles. The summed E-state index contributed by atoms with van der Waals surface area (Å²) in [5, 5.41) is 0. The zero-order valence-corrected chi connectivity index (χ0v) is 19.2. The second kappa shape index (κ2) is 6.34. The molecule has 4 aliphatic rings. The van der Waals surface area contributed by atoms with E-state index < -0.39 is 10.8 Å². The maximum atomic E-state index is 13.5. The fourth-order valence-electron chi connectivity index (χ4n) is 7.28. The van der Waals surface area contributed by atoms with Gasteiger partial charge >= 0.3 is 5.97 Å². The topological polar surface area (TPSA) is 52.6 Å². The van der Waals surface area contributed by atoms with E-state index >= 15 is 0 Å². The Labute approximate surface area is 184 Å². The first-order chi connectivity index (χ1) is 14.6. The number of hydrogen-bond acceptors (Lipinski definition) is 4. The lowest BCUT2D eigenvalue weighted by Gasteiger charge is -2.51. The van der Waals surface area contributed by atoms with Gasteiger partial charge in [0.05, 0.1) is 12.5 Å². The molecule has 1 aromatic rings. The Morgan fingerprint density at radius 2 is 1.71 bits per heavy atom. The quantitative estimate of drug-likeness (QED) is 0.487. The third-order valence-electron chi connectivity index (χ3n) is 8.77. The third-order valence-corrected chi connectivity index (χ3v) is 8.77. The molecule has 0 radical (unpaired) electrons. The minimum atomic E-state index is -0.614. The van der Waals surface area contributed by atoms with Gasteiger partial charge in [0.15, 0.2) is 5.78 Å². The first kappa shape index (κ1) is 20.5. The first-order valence-corrected chi connectivity index (χ1v) is 11.4. The van der Waals surface area contributed by atoms with Crippen LogP contribution in [0.4, 0.5) is 0 Å². The lowest BCUT2D eigenvalue weighted by atomic mass is 9.52. The molecule has 0 aromatic heterocycles. The Hall–Kier alpha value is -2.36. The number of ketones is 1. The summed E-state index contributed by atoms with van der Waals surface area (Å²) in [5.41, 5.74) is -0.101. The van der Waals surface area contributed by atoms with Crippen molar-refractivity contribution in [2.75, 3.05) is 7.11 Å². The summed E-state index contributed by atoms with van der Waals surface area (Å²) in [6.07, 6.45) is 10.7. The molecular formula is C27H32O4. The van der Waals surface area contributed by atoms with Gasteiger partial charge in [0.25, 0.3) is 0 Å². The Balaban J connectivity index is 1.66. The van der Waals surface area contributed by atoms with Gasteiger partial charge in [0.1, 0.15) is 11.5 Å². The summed E-state index contributed by atoms with van der Waals surface area (Å²) in [7, 11) is 1.67. The summed E-state index contributed by atoms with van der Waals surface area (Å²) in [6.45, 7) is 7.93. The highest BCUT2D eigenvalue weighted by Crippen LogP contribution is 2.80. The SMILES string of the molecule is COc1ccc([C@@]23C=C[C@]4(CCCC[C@@]42C)[C@H]2C(OC(=O)C(C)(C)C)=CC(=O)[C@H]23)cc1. The van der Waals surface area contributed by atoms with Gasteiger partial charge in [-0.2, -0.15) is 0 Å². The number of ether oxygens (including phenoxy) is 2. The van der Waals surface area contributed by atoms with Gasteiger partial charge in [-0.05, 0) is 56.7 Å². The maximum Gasteiger partial charge on any atom is 0.316 e. The predicted molar refractivity (Wildman–Crippen MR) is 118 cm³/mol. The van der Waals surface area contributed by atoms with Crippen LogP contribution in [0.25, 0.3) is 0 Å². The van der Waals surface area contributed by atoms with Crippen LogP contribution in [0, 0.1) is 28.1 Å². The van der Waals surface area contributed by atoms with E-state index in [-0.39, 0.29) is 34.4 Å². The number of carbonyl (C=O) groups excluding carboxylic acids is 2. The molecule has 0 N–H and O–H groups in total. The van der Waals surface area contributed by atoms with Crippen LogP contribution in [-0.2, 0) is 19.7 Å². The smallest absolute Gasteiger partial charge is 0.316 e. The molecule has 4 heteroatoms. The fraction of sp³-hybridized carbons (Fsp3) is 0.556. The maximum absolute atomic E-state index is 13.5. The number of methoxy groups -OCH3 is 1. The van der Waals surface area contributed by atoms with E-state index in [4.69, 9.17) is 9.47 Å². The van der Waals surface area contributed by atoms with Crippen molar-refractivity contribution in [3.63, 3.8) is 0 Å². The van der Waals surface area contributed by atoms with Crippen molar-refractivity contribution < 1.29 is 19.1 Å². The van der Waals surface area contributed by atoms with E-state index in [2.05, 4.69) is 31.2 Å². The molecule has 4 aliphatic carbocycles. The summed E-state index contributed by atoms with van der Waals surface area (Å²) < 4.78 is 11.4. The van der Waals surface area contributed by atoms with Crippen LogP contribution in [0.3, 0.4) is 0 Å². The standard InChI is InChI=1S/C27H32O4/c1-24(2,3)23(29)31-20-16-19(28)21-22(20)26-13-7-6-12-25(26,4)27(21,15-14-26)17-8-10-18(30-5)11-9-17/h8-11,14-16,21-22H,6-7,12-13H2,1-5H3/t21-,22+,25+,26-,27-/m1/s1. The highest BCUT2D eigenvalue weighted by Gasteiger charge is 2.79. The number of rotatable bonds is 3. The molecule has 2 fully saturated rings. The molecule has 2 bridgehead atoms. The summed E-state index contributed by atoms with van der Waals surface area (Å²) >= 11 is 0. The largest absolute Gasteiger partial charge is 0.497 e. The van der Waals surface area contributed by atoms with Crippen LogP contribution >= 0.6 is 0 Å². The van der Waals surface area contributed by atoms with E-state index in [0.29, 0.717) is 5.76 Å². The fourth-order valence-corrected chi connectivity index (χ4v) is 7.28. The molecule has 0 aliphatic heterocycles. The van der Waals surface area contributed by atoms with E-state index in [1.54, 1.807) is 13.2 Å². The molecule has 0 amide bonds. The predicted octanol–water partition coefficient (Wildman–Crippen LogP) is 5.37. The number of hydrogen-bond donors (Lipinski definition) is 0. The molecule has 164 valence electrons. The molecule has 5 atom stereocenters. The van der Waals surface area contributed by atoms with Crippen LogP contribution in [-0.4, -0.2) is 18.9 Å². The molecule has 31 heavy (non-hydrogen) atoms. The van der Waals surface area contributed by atoms with Crippen molar-refractivity contribution >= 4 is 11.8 Å². The lowest BCUT2D eigenvalue weighted by molar-refractivity contribution is -0.150. The van der Waals surface area contributed by atoms with Crippen molar-refractivity contribution in [2.24, 2.45) is 28.1 Å². The molecular weight excluding hydrogens is 388 g/mol. The van der Waals surface area contributed by atoms with Crippen molar-refractivity contribution in [1.82, 2.24) is 0 Å². The van der Waals surface area contributed by atoms with Gasteiger partial charge in [-0.3, -0.25) is 9.59 Å². The molecule has 2 saturated carbocycles. The second-order valence-corrected chi connectivity index (χ2v) is 11.1. The molecule has 4 nitrogen and oxygen atoms in total. The highest BCUT2D eigenvalue weighted by atomic mass is 16.5. The average molecular weight is 421 g/mol. The van der Waals surface area contributed by atoms with E-state index in [1.807, 2.05) is 32.9 Å². The monoisotopic (exact) mass is 420 g/mol. The molecule has 1 aromatic carbocycles. The average Bonchev–Trinajstić information content (AvgIpc) is 3.28. The van der Waals surface area contributed by atoms with E-state index in [9.17, 15) is 9.59 Å². The van der Waals surface area contributed by atoms with Crippen molar-refractivity contribution in [1.29, 1.82) is 0 Å². The van der Waals surface area contributed by atoms with Gasteiger partial charge in [0, 0.05) is 28.7 Å². The lowest BCUT2D eigenvalue weighted by Crippen LogP contribution is -2.47. The van der Waals surface area contributed by atoms with E-state index in [1.165, 1.54) is 0 Å². The van der Waals surface area contributed by atoms with Gasteiger partial charge in [0.2, 0.25) is 0 Å². The van der Waals surface area contributed by atoms with Crippen molar-refractivity contribution in [2.45, 2.75) is 58.8 Å². The van der Waals surface area contributed by atoms with Crippen LogP contribution < -0.4 is 4.74 Å². The summed E-state index contributed by atoms with van der Waals surface area (Å²) in [4.78, 5) is 26.3. The summed E-state index contributed by atoms with van der Waals surface area (Å²) in [5.74, 6) is 0.916. The summed E-state index contributed by atoms with van der Waals surface area (Å²) in [6, 6.07) is 8.22. The van der Waals surface area contributed by atoms with Crippen molar-refractivity contribution in [3.8, 4) is 5.75 Å². The first-order valence-electron chi connectivity index (χ1n) is 11.4. The second-order valence-electron chi connectivity index (χ2n) is 11.1. The van der Waals surface area contributed by atoms with E-state index in [0.717, 1.165) is 37.0 Å². The third kappa shape index (κ3) is 2.37. The molecule has 0 unspecified atom stereocenters. The van der Waals surface area contributed by atoms with Gasteiger partial charge in [-0.1, -0.05) is 44.1 Å². The molecule has 5 rings (SSSR count). The normalized spacial score (nSPS) is 38.0. The van der Waals surface area contributed by atoms with Crippen LogP contribution in [0.15, 0.2) is 48.3 Å². The van der Waals surface area contributed by atoms with Crippen molar-refractivity contribution in [3.05, 3.63) is 53.8 Å². The number of esters is 1. The van der Waals surface area contributed by atoms with Gasteiger partial charge in [-0.15, -0.1) is 0 Å². The van der Waals surface area contributed by atoms with Crippen LogP contribution in [0.1, 0.15) is 58.9 Å². The Morgan fingerprint density at radius 1 is 1.03 bits per heavy atom. The number of fused-ring (bicyclic) bond motifs is 2. The Bertz CT molecular complexity index is 1010. The number of allylic oxidation sites excluding steroid dienone is 4. The van der Waals surface area contributed by atoms with Gasteiger partial charge < -0.3 is 9.47 Å². The molecule has 0 heterocycles. The van der Waals surface area contributed by atoms with Crippen LogP contribution in [0.5, 0.6) is 5.75 Å². The minimum absolute atomic E-state index is 0.0799. The zero-order chi connectivity index (χ0) is 22.2. The molecule has 0 spiro atoms. The zero-order valence-electron chi connectivity index (χ0n) is 19.2. The van der Waals surface area contributed by atoms with Gasteiger partial charge in [-0.25, -0.2) is 0 Å². The minimum Gasteiger partial charge on any atom is -0.497 e.